The molecule has 22 heavy (non-hydrogen) atoms. The van der Waals surface area contributed by atoms with Crippen LogP contribution in [0.3, 0.4) is 0 Å². The van der Waals surface area contributed by atoms with E-state index in [0.29, 0.717) is 5.92 Å². The molecule has 4 nitrogen and oxygen atoms in total. The van der Waals surface area contributed by atoms with Gasteiger partial charge in [-0.2, -0.15) is 0 Å². The van der Waals surface area contributed by atoms with Crippen molar-refractivity contribution in [3.63, 3.8) is 0 Å². The van der Waals surface area contributed by atoms with Crippen molar-refractivity contribution in [2.24, 2.45) is 5.92 Å². The molecule has 1 fully saturated rings. The highest BCUT2D eigenvalue weighted by Gasteiger charge is 2.21. The smallest absolute Gasteiger partial charge is 0.178 e. The first-order valence-electron chi connectivity index (χ1n) is 7.68. The van der Waals surface area contributed by atoms with Crippen LogP contribution in [0.2, 0.25) is 0 Å². The minimum atomic E-state index is -3.53. The standard InChI is InChI=1S/C16H24FNO3S/c1-11(18-10-12-4-3-5-14(19)8-12)13-6-7-16(15(17)9-13)22(2,20)21/h6-7,9,11-12,14,18-19H,3-5,8,10H2,1-2H3. The van der Waals surface area contributed by atoms with E-state index in [1.165, 1.54) is 12.1 Å². The second kappa shape index (κ2) is 7.06. The molecule has 0 bridgehead atoms. The van der Waals surface area contributed by atoms with E-state index in [4.69, 9.17) is 0 Å². The summed E-state index contributed by atoms with van der Waals surface area (Å²) in [5, 5.41) is 13.0. The Bertz CT molecular complexity index is 618. The summed E-state index contributed by atoms with van der Waals surface area (Å²) in [4.78, 5) is -0.265. The van der Waals surface area contributed by atoms with Gasteiger partial charge in [0.1, 0.15) is 10.7 Å². The van der Waals surface area contributed by atoms with Crippen molar-refractivity contribution in [2.75, 3.05) is 12.8 Å². The summed E-state index contributed by atoms with van der Waals surface area (Å²) >= 11 is 0. The number of sulfone groups is 1. The highest BCUT2D eigenvalue weighted by Crippen LogP contribution is 2.25. The quantitative estimate of drug-likeness (QED) is 0.871. The van der Waals surface area contributed by atoms with E-state index in [9.17, 15) is 17.9 Å². The third kappa shape index (κ3) is 4.51. The lowest BCUT2D eigenvalue weighted by Crippen LogP contribution is -2.30. The molecule has 1 aromatic carbocycles. The van der Waals surface area contributed by atoms with Crippen LogP contribution in [0.15, 0.2) is 23.1 Å². The van der Waals surface area contributed by atoms with E-state index in [-0.39, 0.29) is 17.0 Å². The van der Waals surface area contributed by atoms with Crippen molar-refractivity contribution >= 4 is 9.84 Å². The first-order chi connectivity index (χ1) is 10.3. The molecule has 1 aromatic rings. The molecule has 0 heterocycles. The summed E-state index contributed by atoms with van der Waals surface area (Å²) in [7, 11) is -3.53. The Morgan fingerprint density at radius 3 is 2.73 bits per heavy atom. The van der Waals surface area contributed by atoms with Gasteiger partial charge in [0.2, 0.25) is 0 Å². The van der Waals surface area contributed by atoms with Gasteiger partial charge in [-0.15, -0.1) is 0 Å². The van der Waals surface area contributed by atoms with Gasteiger partial charge < -0.3 is 10.4 Å². The fourth-order valence-corrected chi connectivity index (χ4v) is 3.72. The SMILES string of the molecule is CC(NCC1CCCC(O)C1)c1ccc(S(C)(=O)=O)c(F)c1. The fourth-order valence-electron chi connectivity index (χ4n) is 3.00. The molecule has 2 rings (SSSR count). The minimum Gasteiger partial charge on any atom is -0.393 e. The van der Waals surface area contributed by atoms with Gasteiger partial charge in [-0.1, -0.05) is 12.5 Å². The maximum absolute atomic E-state index is 13.9. The van der Waals surface area contributed by atoms with Crippen molar-refractivity contribution in [3.8, 4) is 0 Å². The summed E-state index contributed by atoms with van der Waals surface area (Å²) in [6.07, 6.45) is 4.62. The lowest BCUT2D eigenvalue weighted by molar-refractivity contribution is 0.0998. The molecule has 124 valence electrons. The molecule has 0 aromatic heterocycles. The van der Waals surface area contributed by atoms with Crippen LogP contribution in [0.25, 0.3) is 0 Å². The van der Waals surface area contributed by atoms with Crippen molar-refractivity contribution in [1.29, 1.82) is 0 Å². The number of benzene rings is 1. The number of halogens is 1. The summed E-state index contributed by atoms with van der Waals surface area (Å²) in [6, 6.07) is 4.18. The zero-order valence-corrected chi connectivity index (χ0v) is 13.9. The average molecular weight is 329 g/mol. The molecule has 0 amide bonds. The molecule has 0 aliphatic heterocycles. The van der Waals surface area contributed by atoms with Crippen LogP contribution >= 0.6 is 0 Å². The van der Waals surface area contributed by atoms with Crippen molar-refractivity contribution in [1.82, 2.24) is 5.32 Å². The second-order valence-corrected chi connectivity index (χ2v) is 8.26. The van der Waals surface area contributed by atoms with Gasteiger partial charge in [0.15, 0.2) is 9.84 Å². The van der Waals surface area contributed by atoms with Crippen LogP contribution in [-0.4, -0.2) is 32.4 Å². The molecule has 0 spiro atoms. The molecular weight excluding hydrogens is 305 g/mol. The Morgan fingerprint density at radius 1 is 1.41 bits per heavy atom. The van der Waals surface area contributed by atoms with E-state index in [0.717, 1.165) is 44.0 Å². The molecule has 0 radical (unpaired) electrons. The molecular formula is C16H24FNO3S. The maximum Gasteiger partial charge on any atom is 0.178 e. The molecule has 1 aliphatic carbocycles. The number of aliphatic hydroxyl groups excluding tert-OH is 1. The topological polar surface area (TPSA) is 66.4 Å². The number of hydrogen-bond donors (Lipinski definition) is 2. The molecule has 3 atom stereocenters. The third-order valence-corrected chi connectivity index (χ3v) is 5.45. The van der Waals surface area contributed by atoms with Crippen LogP contribution in [0.5, 0.6) is 0 Å². The highest BCUT2D eigenvalue weighted by molar-refractivity contribution is 7.90. The first kappa shape index (κ1) is 17.4. The zero-order chi connectivity index (χ0) is 16.3. The van der Waals surface area contributed by atoms with E-state index >= 15 is 0 Å². The predicted octanol–water partition coefficient (Wildman–Crippen LogP) is 2.43. The molecule has 3 unspecified atom stereocenters. The van der Waals surface area contributed by atoms with Crippen LogP contribution in [0.1, 0.15) is 44.2 Å². The number of hydrogen-bond acceptors (Lipinski definition) is 4. The van der Waals surface area contributed by atoms with Gasteiger partial charge in [-0.05, 0) is 56.3 Å². The van der Waals surface area contributed by atoms with Gasteiger partial charge in [0, 0.05) is 12.3 Å². The normalized spacial score (nSPS) is 24.2. The second-order valence-electron chi connectivity index (χ2n) is 6.28. The number of nitrogens with one attached hydrogen (secondary N) is 1. The summed E-state index contributed by atoms with van der Waals surface area (Å²) in [5.74, 6) is -0.270. The van der Waals surface area contributed by atoms with Gasteiger partial charge in [0.05, 0.1) is 6.10 Å². The van der Waals surface area contributed by atoms with E-state index in [2.05, 4.69) is 5.32 Å². The molecule has 1 saturated carbocycles. The van der Waals surface area contributed by atoms with E-state index < -0.39 is 15.7 Å². The van der Waals surface area contributed by atoms with E-state index in [1.54, 1.807) is 6.07 Å². The maximum atomic E-state index is 13.9. The Balaban J connectivity index is 1.98. The third-order valence-electron chi connectivity index (χ3n) is 4.32. The van der Waals surface area contributed by atoms with Crippen LogP contribution in [0, 0.1) is 11.7 Å². The van der Waals surface area contributed by atoms with Gasteiger partial charge in [-0.25, -0.2) is 12.8 Å². The Kier molecular flexibility index (Phi) is 5.58. The summed E-state index contributed by atoms with van der Waals surface area (Å²) in [6.45, 7) is 2.70. The Hall–Kier alpha value is -0.980. The largest absolute Gasteiger partial charge is 0.393 e. The van der Waals surface area contributed by atoms with Crippen molar-refractivity contribution in [3.05, 3.63) is 29.6 Å². The molecule has 0 saturated heterocycles. The van der Waals surface area contributed by atoms with Crippen LogP contribution in [-0.2, 0) is 9.84 Å². The fraction of sp³-hybridized carbons (Fsp3) is 0.625. The lowest BCUT2D eigenvalue weighted by atomic mass is 9.87. The Labute approximate surface area is 131 Å². The van der Waals surface area contributed by atoms with Gasteiger partial charge >= 0.3 is 0 Å². The first-order valence-corrected chi connectivity index (χ1v) is 9.57. The van der Waals surface area contributed by atoms with Crippen molar-refractivity contribution < 1.29 is 17.9 Å². The lowest BCUT2D eigenvalue weighted by Gasteiger charge is -2.27. The van der Waals surface area contributed by atoms with Crippen LogP contribution in [0.4, 0.5) is 4.39 Å². The molecule has 2 N–H and O–H groups in total. The van der Waals surface area contributed by atoms with Gasteiger partial charge in [-0.3, -0.25) is 0 Å². The highest BCUT2D eigenvalue weighted by atomic mass is 32.2. The summed E-state index contributed by atoms with van der Waals surface area (Å²) < 4.78 is 36.7. The number of rotatable bonds is 5. The predicted molar refractivity (Wildman–Crippen MR) is 83.9 cm³/mol. The van der Waals surface area contributed by atoms with E-state index in [1.807, 2.05) is 6.92 Å². The Morgan fingerprint density at radius 2 is 2.14 bits per heavy atom. The number of aliphatic hydroxyl groups is 1. The van der Waals surface area contributed by atoms with Gasteiger partial charge in [0.25, 0.3) is 0 Å². The summed E-state index contributed by atoms with van der Waals surface area (Å²) in [5.41, 5.74) is 0.723. The monoisotopic (exact) mass is 329 g/mol. The zero-order valence-electron chi connectivity index (χ0n) is 13.0. The minimum absolute atomic E-state index is 0.0674. The average Bonchev–Trinajstić information content (AvgIpc) is 2.43. The molecule has 6 heteroatoms. The van der Waals surface area contributed by atoms with Crippen molar-refractivity contribution in [2.45, 2.75) is 49.6 Å². The van der Waals surface area contributed by atoms with Crippen LogP contribution < -0.4 is 5.32 Å². The molecule has 1 aliphatic rings.